The zero-order chi connectivity index (χ0) is 26.8. The number of nitro benzene ring substituents is 1. The molecule has 0 aromatic heterocycles. The summed E-state index contributed by atoms with van der Waals surface area (Å²) in [4.78, 5) is 40.5. The molecule has 2 heterocycles. The number of nitrogens with zero attached hydrogens (tertiary/aromatic N) is 3. The van der Waals surface area contributed by atoms with E-state index in [0.717, 1.165) is 37.2 Å². The van der Waals surface area contributed by atoms with Crippen molar-refractivity contribution in [1.29, 1.82) is 0 Å². The second kappa shape index (κ2) is 10.6. The average Bonchev–Trinajstić information content (AvgIpc) is 3.25. The second-order valence-electron chi connectivity index (χ2n) is 9.63. The molecule has 1 fully saturated rings. The number of piperidine rings is 1. The van der Waals surface area contributed by atoms with Crippen LogP contribution >= 0.6 is 12.2 Å². The van der Waals surface area contributed by atoms with Crippen molar-refractivity contribution in [3.8, 4) is 0 Å². The van der Waals surface area contributed by atoms with Gasteiger partial charge in [0.2, 0.25) is 0 Å². The molecule has 0 radical (unpaired) electrons. The number of thiocarbonyl (C=S) groups is 1. The first-order chi connectivity index (χ1) is 18.3. The normalized spacial score (nSPS) is 15.2. The third kappa shape index (κ3) is 5.21. The van der Waals surface area contributed by atoms with E-state index in [1.54, 1.807) is 41.3 Å². The van der Waals surface area contributed by atoms with Crippen LogP contribution in [0.15, 0.2) is 66.7 Å². The fourth-order valence-electron chi connectivity index (χ4n) is 4.85. The number of nitro groups is 1. The van der Waals surface area contributed by atoms with Crippen LogP contribution in [0.1, 0.15) is 46.0 Å². The zero-order valence-electron chi connectivity index (χ0n) is 20.8. The molecule has 38 heavy (non-hydrogen) atoms. The first kappa shape index (κ1) is 25.3. The van der Waals surface area contributed by atoms with E-state index in [2.05, 4.69) is 17.6 Å². The molecule has 3 aromatic rings. The van der Waals surface area contributed by atoms with Crippen LogP contribution in [0, 0.1) is 16.0 Å². The van der Waals surface area contributed by atoms with Crippen molar-refractivity contribution in [2.24, 2.45) is 5.92 Å². The molecular formula is C28H27N5O4S. The summed E-state index contributed by atoms with van der Waals surface area (Å²) in [5, 5.41) is 17.4. The molecule has 0 saturated carbocycles. The lowest BCUT2D eigenvalue weighted by Gasteiger charge is -2.31. The van der Waals surface area contributed by atoms with Gasteiger partial charge in [-0.25, -0.2) is 0 Å². The SMILES string of the molecule is CC1CCN(c2ccc(C(=O)NC(=S)Nc3ccc(N4Cc5ccccc5C4=O)cc3)cc2[N+](=O)[O-])CC1. The quantitative estimate of drug-likeness (QED) is 0.268. The molecule has 9 nitrogen and oxygen atoms in total. The van der Waals surface area contributed by atoms with E-state index >= 15 is 0 Å². The monoisotopic (exact) mass is 529 g/mol. The molecule has 0 aliphatic carbocycles. The maximum absolute atomic E-state index is 12.8. The number of fused-ring (bicyclic) bond motifs is 1. The fourth-order valence-corrected chi connectivity index (χ4v) is 5.06. The molecule has 0 spiro atoms. The van der Waals surface area contributed by atoms with Crippen molar-refractivity contribution >= 4 is 51.9 Å². The van der Waals surface area contributed by atoms with Crippen molar-refractivity contribution < 1.29 is 14.5 Å². The summed E-state index contributed by atoms with van der Waals surface area (Å²) < 4.78 is 0. The van der Waals surface area contributed by atoms with E-state index in [4.69, 9.17) is 12.2 Å². The summed E-state index contributed by atoms with van der Waals surface area (Å²) >= 11 is 5.29. The Bertz CT molecular complexity index is 1420. The van der Waals surface area contributed by atoms with Gasteiger partial charge in [-0.15, -0.1) is 0 Å². The minimum atomic E-state index is -0.540. The summed E-state index contributed by atoms with van der Waals surface area (Å²) in [5.74, 6) is 0.0143. The molecule has 2 aliphatic rings. The highest BCUT2D eigenvalue weighted by atomic mass is 32.1. The van der Waals surface area contributed by atoms with E-state index in [9.17, 15) is 19.7 Å². The van der Waals surface area contributed by atoms with E-state index < -0.39 is 10.8 Å². The molecular weight excluding hydrogens is 502 g/mol. The van der Waals surface area contributed by atoms with Gasteiger partial charge in [-0.05, 0) is 79.0 Å². The molecule has 0 bridgehead atoms. The van der Waals surface area contributed by atoms with Crippen molar-refractivity contribution in [2.45, 2.75) is 26.3 Å². The molecule has 3 aromatic carbocycles. The average molecular weight is 530 g/mol. The van der Waals surface area contributed by atoms with Gasteiger partial charge in [0.1, 0.15) is 5.69 Å². The van der Waals surface area contributed by atoms with Crippen LogP contribution in [0.5, 0.6) is 0 Å². The fraction of sp³-hybridized carbons (Fsp3) is 0.250. The Morgan fingerprint density at radius 3 is 2.45 bits per heavy atom. The van der Waals surface area contributed by atoms with Crippen LogP contribution in [0.2, 0.25) is 0 Å². The highest BCUT2D eigenvalue weighted by Crippen LogP contribution is 2.32. The van der Waals surface area contributed by atoms with Crippen molar-refractivity contribution in [1.82, 2.24) is 5.32 Å². The summed E-state index contributed by atoms with van der Waals surface area (Å²) in [7, 11) is 0. The van der Waals surface area contributed by atoms with Crippen LogP contribution in [-0.4, -0.2) is 34.9 Å². The molecule has 10 heteroatoms. The van der Waals surface area contributed by atoms with Crippen LogP contribution in [0.3, 0.4) is 0 Å². The molecule has 194 valence electrons. The lowest BCUT2D eigenvalue weighted by molar-refractivity contribution is -0.384. The lowest BCUT2D eigenvalue weighted by Crippen LogP contribution is -2.35. The third-order valence-corrected chi connectivity index (χ3v) is 7.25. The van der Waals surface area contributed by atoms with Gasteiger partial charge in [0.25, 0.3) is 17.5 Å². The van der Waals surface area contributed by atoms with Gasteiger partial charge in [0.05, 0.1) is 11.5 Å². The number of nitrogens with one attached hydrogen (secondary N) is 2. The Morgan fingerprint density at radius 1 is 1.05 bits per heavy atom. The minimum absolute atomic E-state index is 0.0425. The molecule has 5 rings (SSSR count). The van der Waals surface area contributed by atoms with Gasteiger partial charge in [-0.3, -0.25) is 25.0 Å². The van der Waals surface area contributed by atoms with Gasteiger partial charge in [-0.1, -0.05) is 25.1 Å². The smallest absolute Gasteiger partial charge is 0.293 e. The Kier molecular flexibility index (Phi) is 7.06. The van der Waals surface area contributed by atoms with Crippen molar-refractivity contribution in [3.05, 3.63) is 93.5 Å². The number of benzene rings is 3. The van der Waals surface area contributed by atoms with E-state index in [-0.39, 0.29) is 22.3 Å². The van der Waals surface area contributed by atoms with Crippen LogP contribution < -0.4 is 20.4 Å². The number of anilines is 3. The first-order valence-electron chi connectivity index (χ1n) is 12.5. The Labute approximate surface area is 225 Å². The number of rotatable bonds is 5. The predicted molar refractivity (Wildman–Crippen MR) is 151 cm³/mol. The number of carbonyl (C=O) groups excluding carboxylic acids is 2. The first-order valence-corrected chi connectivity index (χ1v) is 12.9. The largest absolute Gasteiger partial charge is 0.366 e. The molecule has 0 atom stereocenters. The highest BCUT2D eigenvalue weighted by molar-refractivity contribution is 7.80. The Hall–Kier alpha value is -4.31. The summed E-state index contributed by atoms with van der Waals surface area (Å²) in [6, 6.07) is 19.2. The van der Waals surface area contributed by atoms with Crippen LogP contribution in [0.25, 0.3) is 0 Å². The standard InChI is InChI=1S/C28H27N5O4S/c1-18-12-14-31(15-13-18)24-11-6-19(16-25(24)33(36)37)26(34)30-28(38)29-21-7-9-22(10-8-21)32-17-20-4-2-3-5-23(20)27(32)35/h2-11,16,18H,12-15,17H2,1H3,(H2,29,30,34,38). The van der Waals surface area contributed by atoms with E-state index in [1.165, 1.54) is 6.07 Å². The van der Waals surface area contributed by atoms with E-state index in [0.29, 0.717) is 29.4 Å². The molecule has 2 N–H and O–H groups in total. The predicted octanol–water partition coefficient (Wildman–Crippen LogP) is 5.12. The van der Waals surface area contributed by atoms with Gasteiger partial charge in [0, 0.05) is 41.7 Å². The van der Waals surface area contributed by atoms with Crippen LogP contribution in [-0.2, 0) is 6.54 Å². The summed E-state index contributed by atoms with van der Waals surface area (Å²) in [5.41, 5.74) is 3.66. The number of carbonyl (C=O) groups is 2. The van der Waals surface area contributed by atoms with E-state index in [1.807, 2.05) is 29.2 Å². The number of hydrogen-bond donors (Lipinski definition) is 2. The lowest BCUT2D eigenvalue weighted by atomic mass is 9.98. The summed E-state index contributed by atoms with van der Waals surface area (Å²) in [6.45, 7) is 4.19. The second-order valence-corrected chi connectivity index (χ2v) is 10.0. The number of hydrogen-bond acceptors (Lipinski definition) is 6. The minimum Gasteiger partial charge on any atom is -0.366 e. The molecule has 2 aliphatic heterocycles. The van der Waals surface area contributed by atoms with Gasteiger partial charge in [-0.2, -0.15) is 0 Å². The van der Waals surface area contributed by atoms with Gasteiger partial charge >= 0.3 is 0 Å². The Balaban J connectivity index is 1.22. The summed E-state index contributed by atoms with van der Waals surface area (Å²) in [6.07, 6.45) is 1.95. The maximum atomic E-state index is 12.8. The number of amides is 2. The van der Waals surface area contributed by atoms with Crippen molar-refractivity contribution in [3.63, 3.8) is 0 Å². The zero-order valence-corrected chi connectivity index (χ0v) is 21.7. The molecule has 1 saturated heterocycles. The molecule has 0 unspecified atom stereocenters. The van der Waals surface area contributed by atoms with Gasteiger partial charge < -0.3 is 15.1 Å². The highest BCUT2D eigenvalue weighted by Gasteiger charge is 2.28. The maximum Gasteiger partial charge on any atom is 0.293 e. The molecule has 2 amide bonds. The third-order valence-electron chi connectivity index (χ3n) is 7.04. The van der Waals surface area contributed by atoms with Gasteiger partial charge in [0.15, 0.2) is 5.11 Å². The van der Waals surface area contributed by atoms with Crippen LogP contribution in [0.4, 0.5) is 22.7 Å². The topological polar surface area (TPSA) is 108 Å². The Morgan fingerprint density at radius 2 is 1.76 bits per heavy atom. The van der Waals surface area contributed by atoms with Crippen molar-refractivity contribution in [2.75, 3.05) is 28.2 Å².